The smallest absolute Gasteiger partial charge is 0.340 e. The quantitative estimate of drug-likeness (QED) is 0.488. The van der Waals surface area contributed by atoms with Crippen LogP contribution in [-0.2, 0) is 9.53 Å². The largest absolute Gasteiger partial charge is 0.452 e. The van der Waals surface area contributed by atoms with Crippen LogP contribution in [0.25, 0.3) is 0 Å². The molecule has 10 heteroatoms. The van der Waals surface area contributed by atoms with Crippen LogP contribution in [0.5, 0.6) is 0 Å². The summed E-state index contributed by atoms with van der Waals surface area (Å²) in [4.78, 5) is 35.1. The highest BCUT2D eigenvalue weighted by Gasteiger charge is 2.17. The van der Waals surface area contributed by atoms with Gasteiger partial charge in [-0.1, -0.05) is 17.7 Å². The van der Waals surface area contributed by atoms with Crippen LogP contribution in [0.2, 0.25) is 5.02 Å². The Hall–Kier alpha value is -2.52. The maximum Gasteiger partial charge on any atom is 0.340 e. The maximum atomic E-state index is 13.1. The molecule has 0 radical (unpaired) electrons. The average Bonchev–Trinajstić information content (AvgIpc) is 3.08. The lowest BCUT2D eigenvalue weighted by molar-refractivity contribution is -0.125. The van der Waals surface area contributed by atoms with E-state index in [1.54, 1.807) is 17.5 Å². The van der Waals surface area contributed by atoms with Gasteiger partial charge in [-0.3, -0.25) is 20.4 Å². The molecular formula is C14H9ClF2N2O4S. The number of rotatable bonds is 4. The summed E-state index contributed by atoms with van der Waals surface area (Å²) in [5, 5.41) is 1.33. The molecule has 0 saturated heterocycles. The van der Waals surface area contributed by atoms with E-state index in [1.165, 1.54) is 11.3 Å². The number of esters is 1. The van der Waals surface area contributed by atoms with Gasteiger partial charge in [0.2, 0.25) is 0 Å². The van der Waals surface area contributed by atoms with Gasteiger partial charge in [-0.05, 0) is 23.6 Å². The molecule has 2 amide bonds. The van der Waals surface area contributed by atoms with Crippen LogP contribution in [0.1, 0.15) is 20.0 Å². The molecule has 2 N–H and O–H groups in total. The molecule has 1 aromatic carbocycles. The minimum atomic E-state index is -1.28. The third-order valence-corrected chi connectivity index (χ3v) is 3.81. The maximum absolute atomic E-state index is 13.1. The molecule has 2 aromatic rings. The van der Waals surface area contributed by atoms with Gasteiger partial charge in [-0.2, -0.15) is 0 Å². The van der Waals surface area contributed by atoms with Crippen molar-refractivity contribution in [3.05, 3.63) is 56.7 Å². The zero-order valence-corrected chi connectivity index (χ0v) is 13.3. The number of thiophene rings is 1. The van der Waals surface area contributed by atoms with Gasteiger partial charge in [0.15, 0.2) is 18.2 Å². The van der Waals surface area contributed by atoms with E-state index >= 15 is 0 Å². The number of amides is 2. The molecule has 0 bridgehead atoms. The predicted octanol–water partition coefficient (Wildman–Crippen LogP) is 2.30. The molecule has 1 heterocycles. The minimum absolute atomic E-state index is 0.356. The molecule has 0 fully saturated rings. The van der Waals surface area contributed by atoms with E-state index in [2.05, 4.69) is 10.2 Å². The average molecular weight is 375 g/mol. The standard InChI is InChI=1S/C14H9ClF2N2O4S/c15-8-5-10(17)9(16)4-7(8)14(22)23-6-12(20)18-19-13(21)11-2-1-3-24-11/h1-5H,6H2,(H,18,20)(H,19,21). The third kappa shape index (κ3) is 4.49. The summed E-state index contributed by atoms with van der Waals surface area (Å²) in [6.07, 6.45) is 0. The van der Waals surface area contributed by atoms with Crippen molar-refractivity contribution in [2.75, 3.05) is 6.61 Å². The van der Waals surface area contributed by atoms with E-state index in [-0.39, 0.29) is 5.02 Å². The molecule has 24 heavy (non-hydrogen) atoms. The van der Waals surface area contributed by atoms with Gasteiger partial charge in [-0.15, -0.1) is 11.3 Å². The molecule has 1 aromatic heterocycles. The zero-order chi connectivity index (χ0) is 17.7. The highest BCUT2D eigenvalue weighted by Crippen LogP contribution is 2.20. The summed E-state index contributed by atoms with van der Waals surface area (Å²) in [6.45, 7) is -0.751. The minimum Gasteiger partial charge on any atom is -0.452 e. The Morgan fingerprint density at radius 1 is 1.17 bits per heavy atom. The van der Waals surface area contributed by atoms with Gasteiger partial charge in [0.1, 0.15) is 0 Å². The molecule has 0 saturated carbocycles. The van der Waals surface area contributed by atoms with Crippen LogP contribution in [0.3, 0.4) is 0 Å². The summed E-state index contributed by atoms with van der Waals surface area (Å²) in [7, 11) is 0. The number of nitrogens with one attached hydrogen (secondary N) is 2. The monoisotopic (exact) mass is 374 g/mol. The topological polar surface area (TPSA) is 84.5 Å². The number of hydrazine groups is 1. The number of carbonyl (C=O) groups is 3. The van der Waals surface area contributed by atoms with E-state index in [0.717, 1.165) is 0 Å². The Balaban J connectivity index is 1.84. The molecule has 126 valence electrons. The molecule has 0 aliphatic heterocycles. The van der Waals surface area contributed by atoms with Crippen molar-refractivity contribution < 1.29 is 27.9 Å². The number of hydrogen-bond donors (Lipinski definition) is 2. The second-order valence-electron chi connectivity index (χ2n) is 4.30. The van der Waals surface area contributed by atoms with Crippen LogP contribution in [0.15, 0.2) is 29.6 Å². The highest BCUT2D eigenvalue weighted by molar-refractivity contribution is 7.12. The van der Waals surface area contributed by atoms with Crippen LogP contribution < -0.4 is 10.9 Å². The van der Waals surface area contributed by atoms with Crippen LogP contribution >= 0.6 is 22.9 Å². The number of carbonyl (C=O) groups excluding carboxylic acids is 3. The van der Waals surface area contributed by atoms with Crippen molar-refractivity contribution in [2.45, 2.75) is 0 Å². The number of benzene rings is 1. The fourth-order valence-corrected chi connectivity index (χ4v) is 2.37. The van der Waals surface area contributed by atoms with Gasteiger partial charge in [0, 0.05) is 0 Å². The van der Waals surface area contributed by atoms with Gasteiger partial charge in [0.05, 0.1) is 15.5 Å². The molecular weight excluding hydrogens is 366 g/mol. The van der Waals surface area contributed by atoms with E-state index in [0.29, 0.717) is 17.0 Å². The Morgan fingerprint density at radius 2 is 1.88 bits per heavy atom. The number of hydrogen-bond acceptors (Lipinski definition) is 5. The van der Waals surface area contributed by atoms with E-state index in [9.17, 15) is 23.2 Å². The second kappa shape index (κ2) is 7.84. The Bertz CT molecular complexity index is 783. The van der Waals surface area contributed by atoms with E-state index < -0.39 is 41.6 Å². The lowest BCUT2D eigenvalue weighted by Gasteiger charge is -2.08. The molecule has 2 rings (SSSR count). The van der Waals surface area contributed by atoms with Crippen LogP contribution in [0.4, 0.5) is 8.78 Å². The van der Waals surface area contributed by atoms with E-state index in [4.69, 9.17) is 11.6 Å². The van der Waals surface area contributed by atoms with Crippen molar-refractivity contribution in [2.24, 2.45) is 0 Å². The first-order valence-corrected chi connectivity index (χ1v) is 7.58. The van der Waals surface area contributed by atoms with Gasteiger partial charge < -0.3 is 4.74 Å². The lowest BCUT2D eigenvalue weighted by atomic mass is 10.2. The van der Waals surface area contributed by atoms with Crippen molar-refractivity contribution in [1.29, 1.82) is 0 Å². The van der Waals surface area contributed by atoms with Crippen molar-refractivity contribution in [3.63, 3.8) is 0 Å². The van der Waals surface area contributed by atoms with Crippen molar-refractivity contribution in [1.82, 2.24) is 10.9 Å². The van der Waals surface area contributed by atoms with E-state index in [1.807, 2.05) is 5.43 Å². The van der Waals surface area contributed by atoms with Crippen molar-refractivity contribution >= 4 is 40.7 Å². The molecule has 0 unspecified atom stereocenters. The summed E-state index contributed by atoms with van der Waals surface area (Å²) in [6, 6.07) is 4.40. The second-order valence-corrected chi connectivity index (χ2v) is 5.66. The number of halogens is 3. The number of ether oxygens (including phenoxy) is 1. The molecule has 0 aliphatic rings. The van der Waals surface area contributed by atoms with Gasteiger partial charge >= 0.3 is 5.97 Å². The molecule has 6 nitrogen and oxygen atoms in total. The third-order valence-electron chi connectivity index (χ3n) is 2.62. The Kier molecular flexibility index (Phi) is 5.83. The first-order chi connectivity index (χ1) is 11.4. The fourth-order valence-electron chi connectivity index (χ4n) is 1.52. The Morgan fingerprint density at radius 3 is 2.54 bits per heavy atom. The molecule has 0 aliphatic carbocycles. The van der Waals surface area contributed by atoms with Gasteiger partial charge in [0.25, 0.3) is 11.8 Å². The first-order valence-electron chi connectivity index (χ1n) is 6.33. The Labute approximate surface area is 143 Å². The summed E-state index contributed by atoms with van der Waals surface area (Å²) in [5.74, 6) is -4.97. The van der Waals surface area contributed by atoms with Crippen LogP contribution in [0, 0.1) is 11.6 Å². The lowest BCUT2D eigenvalue weighted by Crippen LogP contribution is -2.43. The summed E-state index contributed by atoms with van der Waals surface area (Å²) in [5.41, 5.74) is 3.73. The van der Waals surface area contributed by atoms with Crippen molar-refractivity contribution in [3.8, 4) is 0 Å². The fraction of sp³-hybridized carbons (Fsp3) is 0.0714. The first kappa shape index (κ1) is 17.8. The summed E-state index contributed by atoms with van der Waals surface area (Å²) >= 11 is 6.78. The van der Waals surface area contributed by atoms with Crippen LogP contribution in [-0.4, -0.2) is 24.4 Å². The normalized spacial score (nSPS) is 10.1. The summed E-state index contributed by atoms with van der Waals surface area (Å²) < 4.78 is 30.6. The SMILES string of the molecule is O=C(COC(=O)c1cc(F)c(F)cc1Cl)NNC(=O)c1cccs1. The van der Waals surface area contributed by atoms with Gasteiger partial charge in [-0.25, -0.2) is 13.6 Å². The predicted molar refractivity (Wildman–Crippen MR) is 81.6 cm³/mol. The molecule has 0 spiro atoms. The molecule has 0 atom stereocenters. The zero-order valence-electron chi connectivity index (χ0n) is 11.8. The highest BCUT2D eigenvalue weighted by atomic mass is 35.5.